The minimum absolute atomic E-state index is 0.00734. The van der Waals surface area contributed by atoms with E-state index in [9.17, 15) is 19.5 Å². The number of ketones is 3. The number of hydrogen-bond acceptors (Lipinski definition) is 7. The Morgan fingerprint density at radius 2 is 1.56 bits per heavy atom. The summed E-state index contributed by atoms with van der Waals surface area (Å²) >= 11 is 6.64. The summed E-state index contributed by atoms with van der Waals surface area (Å²) in [4.78, 5) is 72.1. The van der Waals surface area contributed by atoms with E-state index in [1.807, 2.05) is 54.6 Å². The van der Waals surface area contributed by atoms with Gasteiger partial charge in [-0.3, -0.25) is 28.9 Å². The number of anilines is 1. The first kappa shape index (κ1) is 33.5. The molecule has 8 rings (SSSR count). The van der Waals surface area contributed by atoms with E-state index in [0.29, 0.717) is 33.5 Å². The van der Waals surface area contributed by atoms with Crippen LogP contribution in [0.2, 0.25) is 5.02 Å². The zero-order chi connectivity index (χ0) is 36.5. The van der Waals surface area contributed by atoms with Crippen LogP contribution in [0.25, 0.3) is 5.57 Å². The second-order valence-corrected chi connectivity index (χ2v) is 14.4. The van der Waals surface area contributed by atoms with E-state index >= 15 is 9.59 Å². The summed E-state index contributed by atoms with van der Waals surface area (Å²) in [6, 6.07) is 27.9. The molecule has 260 valence electrons. The highest BCUT2D eigenvalue weighted by Gasteiger charge is 2.66. The molecule has 52 heavy (non-hydrogen) atoms. The lowest BCUT2D eigenvalue weighted by atomic mass is 9.44. The SMILES string of the molecule is COc1cc(C2C3=CCC4C(=O)N(c5ccc(C(C)=O)cc5)C(=O)C4C3CC3C(=O)C(c4ccccc4)=CC(=O)C32c2ccccc2)cc(Cl)c1O. The molecule has 1 saturated carbocycles. The molecule has 9 heteroatoms. The number of imide groups is 1. The standard InChI is InChI=1S/C43H34ClNO7/c1-23(46)24-13-15-28(16-14-24)45-41(50)30-18-17-29-32(37(30)42(45)51)21-33-39(48)31(25-9-5-3-6-10-25)22-36(47)43(33,27-11-7-4-8-12-27)38(29)26-19-34(44)40(49)35(20-26)52-2/h3-17,19-20,22,30,32-33,37-38,49H,18,21H2,1-2H3. The summed E-state index contributed by atoms with van der Waals surface area (Å²) < 4.78 is 5.53. The van der Waals surface area contributed by atoms with Gasteiger partial charge in [0.1, 0.15) is 0 Å². The van der Waals surface area contributed by atoms with Crippen LogP contribution in [-0.4, -0.2) is 41.4 Å². The Hall–Kier alpha value is -5.60. The van der Waals surface area contributed by atoms with Crippen molar-refractivity contribution in [1.29, 1.82) is 0 Å². The molecule has 2 amide bonds. The number of aromatic hydroxyl groups is 1. The molecule has 0 bridgehead atoms. The molecule has 4 aliphatic rings. The number of carbonyl (C=O) groups excluding carboxylic acids is 5. The number of benzene rings is 4. The van der Waals surface area contributed by atoms with Crippen LogP contribution in [0.5, 0.6) is 11.5 Å². The Labute approximate surface area is 305 Å². The Bertz CT molecular complexity index is 2240. The second kappa shape index (κ2) is 12.6. The van der Waals surface area contributed by atoms with Crippen molar-refractivity contribution < 1.29 is 33.8 Å². The van der Waals surface area contributed by atoms with Crippen molar-refractivity contribution in [3.8, 4) is 11.5 Å². The van der Waals surface area contributed by atoms with Crippen LogP contribution in [0, 0.1) is 23.7 Å². The van der Waals surface area contributed by atoms with Crippen LogP contribution in [0.1, 0.15) is 52.7 Å². The highest BCUT2D eigenvalue weighted by atomic mass is 35.5. The molecule has 8 nitrogen and oxygen atoms in total. The van der Waals surface area contributed by atoms with E-state index in [4.69, 9.17) is 16.3 Å². The predicted octanol–water partition coefficient (Wildman–Crippen LogP) is 7.29. The molecule has 2 fully saturated rings. The van der Waals surface area contributed by atoms with Gasteiger partial charge in [0.2, 0.25) is 11.8 Å². The fourth-order valence-corrected chi connectivity index (χ4v) is 9.48. The Morgan fingerprint density at radius 3 is 2.21 bits per heavy atom. The van der Waals surface area contributed by atoms with Crippen molar-refractivity contribution in [3.63, 3.8) is 0 Å². The number of rotatable bonds is 6. The van der Waals surface area contributed by atoms with E-state index < -0.39 is 35.0 Å². The van der Waals surface area contributed by atoms with Gasteiger partial charge in [0.05, 0.1) is 35.1 Å². The smallest absolute Gasteiger partial charge is 0.238 e. The quantitative estimate of drug-likeness (QED) is 0.127. The van der Waals surface area contributed by atoms with Gasteiger partial charge in [-0.15, -0.1) is 0 Å². The van der Waals surface area contributed by atoms with Crippen LogP contribution < -0.4 is 9.64 Å². The number of carbonyl (C=O) groups is 5. The zero-order valence-corrected chi connectivity index (χ0v) is 29.2. The molecule has 1 N–H and O–H groups in total. The van der Waals surface area contributed by atoms with Crippen LogP contribution in [0.3, 0.4) is 0 Å². The summed E-state index contributed by atoms with van der Waals surface area (Å²) in [5, 5.41) is 10.8. The maximum atomic E-state index is 15.2. The minimum Gasteiger partial charge on any atom is -0.503 e. The first-order chi connectivity index (χ1) is 25.1. The van der Waals surface area contributed by atoms with Crippen LogP contribution in [0.15, 0.2) is 115 Å². The van der Waals surface area contributed by atoms with E-state index in [1.165, 1.54) is 25.0 Å². The normalized spacial score (nSPS) is 26.6. The summed E-state index contributed by atoms with van der Waals surface area (Å²) in [5.74, 6) is -5.35. The largest absolute Gasteiger partial charge is 0.503 e. The van der Waals surface area contributed by atoms with E-state index in [0.717, 1.165) is 5.57 Å². The van der Waals surface area contributed by atoms with Gasteiger partial charge in [0.25, 0.3) is 0 Å². The van der Waals surface area contributed by atoms with Crippen molar-refractivity contribution in [3.05, 3.63) is 142 Å². The average molecular weight is 712 g/mol. The predicted molar refractivity (Wildman–Crippen MR) is 195 cm³/mol. The maximum absolute atomic E-state index is 15.2. The van der Waals surface area contributed by atoms with E-state index in [1.54, 1.807) is 48.5 Å². The van der Waals surface area contributed by atoms with E-state index in [-0.39, 0.29) is 58.5 Å². The fraction of sp³-hybridized carbons (Fsp3) is 0.233. The van der Waals surface area contributed by atoms with Crippen molar-refractivity contribution >= 4 is 52.0 Å². The number of fused-ring (bicyclic) bond motifs is 4. The molecule has 6 atom stereocenters. The molecule has 1 heterocycles. The number of hydrogen-bond donors (Lipinski definition) is 1. The third-order valence-corrected chi connectivity index (χ3v) is 11.8. The van der Waals surface area contributed by atoms with Gasteiger partial charge >= 0.3 is 0 Å². The molecule has 4 aromatic carbocycles. The number of methoxy groups -OCH3 is 1. The molecule has 3 aliphatic carbocycles. The molecule has 4 aromatic rings. The Kier molecular flexibility index (Phi) is 8.10. The second-order valence-electron chi connectivity index (χ2n) is 14.0. The number of amides is 2. The summed E-state index contributed by atoms with van der Waals surface area (Å²) in [5.41, 5.74) is 2.22. The number of allylic oxidation sites excluding steroid dienone is 4. The van der Waals surface area contributed by atoms with Crippen LogP contribution in [-0.2, 0) is 24.6 Å². The minimum atomic E-state index is -1.45. The molecule has 1 saturated heterocycles. The zero-order valence-electron chi connectivity index (χ0n) is 28.4. The monoisotopic (exact) mass is 711 g/mol. The lowest BCUT2D eigenvalue weighted by molar-refractivity contribution is -0.135. The maximum Gasteiger partial charge on any atom is 0.238 e. The van der Waals surface area contributed by atoms with Crippen molar-refractivity contribution in [1.82, 2.24) is 0 Å². The number of nitrogens with zero attached hydrogens (tertiary/aromatic N) is 1. The van der Waals surface area contributed by atoms with Crippen molar-refractivity contribution in [2.75, 3.05) is 12.0 Å². The first-order valence-corrected chi connectivity index (χ1v) is 17.6. The third-order valence-electron chi connectivity index (χ3n) is 11.5. The molecule has 1 aliphatic heterocycles. The summed E-state index contributed by atoms with van der Waals surface area (Å²) in [7, 11) is 1.41. The highest BCUT2D eigenvalue weighted by Crippen LogP contribution is 2.64. The average Bonchev–Trinajstić information content (AvgIpc) is 3.42. The molecule has 0 radical (unpaired) electrons. The fourth-order valence-electron chi connectivity index (χ4n) is 9.27. The van der Waals surface area contributed by atoms with Gasteiger partial charge in [-0.2, -0.15) is 0 Å². The van der Waals surface area contributed by atoms with Gasteiger partial charge in [-0.1, -0.05) is 83.9 Å². The molecule has 0 spiro atoms. The topological polar surface area (TPSA) is 118 Å². The van der Waals surface area contributed by atoms with Gasteiger partial charge in [0, 0.05) is 23.0 Å². The number of halogens is 1. The molecule has 0 aromatic heterocycles. The van der Waals surface area contributed by atoms with Gasteiger partial charge in [0.15, 0.2) is 28.8 Å². The highest BCUT2D eigenvalue weighted by molar-refractivity contribution is 6.33. The van der Waals surface area contributed by atoms with E-state index in [2.05, 4.69) is 0 Å². The lowest BCUT2D eigenvalue weighted by Gasteiger charge is -2.55. The van der Waals surface area contributed by atoms with Crippen LogP contribution in [0.4, 0.5) is 5.69 Å². The van der Waals surface area contributed by atoms with Crippen LogP contribution >= 0.6 is 11.6 Å². The van der Waals surface area contributed by atoms with Crippen molar-refractivity contribution in [2.45, 2.75) is 31.1 Å². The number of Topliss-reactive ketones (excluding diaryl/α,β-unsaturated/α-hetero) is 2. The van der Waals surface area contributed by atoms with Gasteiger partial charge in [-0.25, -0.2) is 0 Å². The van der Waals surface area contributed by atoms with Crippen molar-refractivity contribution in [2.24, 2.45) is 23.7 Å². The number of phenols is 1. The molecular weight excluding hydrogens is 678 g/mol. The third kappa shape index (κ3) is 4.84. The molecule has 6 unspecified atom stereocenters. The summed E-state index contributed by atoms with van der Waals surface area (Å²) in [6.07, 6.45) is 3.81. The lowest BCUT2D eigenvalue weighted by Crippen LogP contribution is -2.58. The van der Waals surface area contributed by atoms with Gasteiger partial charge < -0.3 is 9.84 Å². The Balaban J connectivity index is 1.35. The van der Waals surface area contributed by atoms with Gasteiger partial charge in [-0.05, 0) is 84.8 Å². The number of ether oxygens (including phenoxy) is 1. The number of phenolic OH excluding ortho intramolecular Hbond substituents is 1. The first-order valence-electron chi connectivity index (χ1n) is 17.2. The Morgan fingerprint density at radius 1 is 0.885 bits per heavy atom. The summed E-state index contributed by atoms with van der Waals surface area (Å²) in [6.45, 7) is 1.45. The molecular formula is C43H34ClNO7.